The molecule has 4 atom stereocenters. The monoisotopic (exact) mass is 583 g/mol. The van der Waals surface area contributed by atoms with Crippen molar-refractivity contribution in [2.24, 2.45) is 5.41 Å². The molecule has 3 amide bonds. The van der Waals surface area contributed by atoms with Gasteiger partial charge >= 0.3 is 0 Å². The van der Waals surface area contributed by atoms with Crippen LogP contribution in [0.25, 0.3) is 0 Å². The normalized spacial score (nSPS) is 27.2. The number of epoxide rings is 1. The third-order valence-corrected chi connectivity index (χ3v) is 8.91. The Morgan fingerprint density at radius 1 is 1.00 bits per heavy atom. The summed E-state index contributed by atoms with van der Waals surface area (Å²) in [6.45, 7) is 5.48. The van der Waals surface area contributed by atoms with Crippen molar-refractivity contribution in [1.82, 2.24) is 16.0 Å². The number of aliphatic hydroxyl groups excluding tert-OH is 1. The number of rotatable bonds is 13. The third-order valence-electron chi connectivity index (χ3n) is 8.91. The van der Waals surface area contributed by atoms with Crippen LogP contribution in [0.15, 0.2) is 35.9 Å². The van der Waals surface area contributed by atoms with Crippen molar-refractivity contribution in [2.75, 3.05) is 13.7 Å². The number of carbonyl (C=O) groups excluding carboxylic acids is 4. The molecule has 0 bridgehead atoms. The zero-order valence-electron chi connectivity index (χ0n) is 25.2. The van der Waals surface area contributed by atoms with E-state index in [2.05, 4.69) is 22.0 Å². The first-order chi connectivity index (χ1) is 19.9. The highest BCUT2D eigenvalue weighted by Crippen LogP contribution is 2.36. The van der Waals surface area contributed by atoms with Gasteiger partial charge in [0.2, 0.25) is 17.7 Å². The summed E-state index contributed by atoms with van der Waals surface area (Å²) < 4.78 is 10.6. The molecule has 2 aliphatic carbocycles. The summed E-state index contributed by atoms with van der Waals surface area (Å²) in [5.74, 6) is -0.745. The summed E-state index contributed by atoms with van der Waals surface area (Å²) in [5.41, 5.74) is 0.348. The van der Waals surface area contributed by atoms with Crippen LogP contribution in [0.4, 0.5) is 0 Å². The Hall–Kier alpha value is -3.24. The Morgan fingerprint density at radius 2 is 1.64 bits per heavy atom. The first-order valence-electron chi connectivity index (χ1n) is 15.0. The fraction of sp³-hybridized carbons (Fsp3) is 0.625. The van der Waals surface area contributed by atoms with Crippen molar-refractivity contribution in [1.29, 1.82) is 0 Å². The topological polar surface area (TPSA) is 146 Å². The summed E-state index contributed by atoms with van der Waals surface area (Å²) in [4.78, 5) is 53.5. The molecule has 1 saturated heterocycles. The summed E-state index contributed by atoms with van der Waals surface area (Å²) in [7, 11) is 1.57. The zero-order chi connectivity index (χ0) is 30.5. The van der Waals surface area contributed by atoms with E-state index >= 15 is 0 Å². The molecule has 1 aliphatic heterocycles. The molecule has 0 spiro atoms. The van der Waals surface area contributed by atoms with Gasteiger partial charge in [-0.3, -0.25) is 19.2 Å². The summed E-state index contributed by atoms with van der Waals surface area (Å²) in [6.07, 6.45) is 7.31. The Morgan fingerprint density at radius 3 is 2.21 bits per heavy atom. The van der Waals surface area contributed by atoms with Crippen molar-refractivity contribution in [2.45, 2.75) is 108 Å². The molecule has 1 aromatic carbocycles. The van der Waals surface area contributed by atoms with Crippen LogP contribution in [0.1, 0.15) is 77.7 Å². The number of carbonyl (C=O) groups is 4. The Balaban J connectivity index is 1.47. The fourth-order valence-corrected chi connectivity index (χ4v) is 5.69. The number of amides is 3. The zero-order valence-corrected chi connectivity index (χ0v) is 25.2. The van der Waals surface area contributed by atoms with Gasteiger partial charge in [0.25, 0.3) is 0 Å². The summed E-state index contributed by atoms with van der Waals surface area (Å²) >= 11 is 0. The van der Waals surface area contributed by atoms with Crippen LogP contribution in [0, 0.1) is 5.41 Å². The molecule has 230 valence electrons. The highest BCUT2D eigenvalue weighted by atomic mass is 16.6. The molecule has 1 aromatic rings. The quantitative estimate of drug-likeness (QED) is 0.206. The van der Waals surface area contributed by atoms with Gasteiger partial charge in [0.1, 0.15) is 23.4 Å². The smallest absolute Gasteiger partial charge is 0.243 e. The van der Waals surface area contributed by atoms with Gasteiger partial charge in [0.15, 0.2) is 5.78 Å². The largest absolute Gasteiger partial charge is 0.497 e. The van der Waals surface area contributed by atoms with Crippen LogP contribution in [-0.2, 0) is 30.3 Å². The molecule has 3 aliphatic rings. The predicted octanol–water partition coefficient (Wildman–Crippen LogP) is 2.51. The molecule has 10 nitrogen and oxygen atoms in total. The molecular formula is C32H45N3O7. The second kappa shape index (κ2) is 13.4. The highest BCUT2D eigenvalue weighted by molar-refractivity contribution is 5.98. The first-order valence-corrected chi connectivity index (χ1v) is 15.0. The molecule has 1 saturated carbocycles. The van der Waals surface area contributed by atoms with Crippen LogP contribution < -0.4 is 20.7 Å². The molecule has 0 aromatic heterocycles. The number of benzene rings is 1. The van der Waals surface area contributed by atoms with Gasteiger partial charge < -0.3 is 30.5 Å². The third kappa shape index (κ3) is 7.98. The number of allylic oxidation sites excluding steroid dienone is 1. The van der Waals surface area contributed by atoms with Crippen molar-refractivity contribution in [3.8, 4) is 5.75 Å². The number of hydrogen-bond donors (Lipinski definition) is 4. The lowest BCUT2D eigenvalue weighted by Gasteiger charge is -2.35. The highest BCUT2D eigenvalue weighted by Gasteiger charge is 2.50. The number of Topliss-reactive ketones (excluding diaryl/α,β-unsaturated/α-hetero) is 1. The van der Waals surface area contributed by atoms with Crippen molar-refractivity contribution in [3.05, 3.63) is 41.5 Å². The average molecular weight is 584 g/mol. The van der Waals surface area contributed by atoms with Crippen LogP contribution in [0.3, 0.4) is 0 Å². The van der Waals surface area contributed by atoms with E-state index in [1.165, 1.54) is 0 Å². The summed E-state index contributed by atoms with van der Waals surface area (Å²) in [6, 6.07) is 4.53. The minimum atomic E-state index is -0.994. The van der Waals surface area contributed by atoms with Crippen LogP contribution in [-0.4, -0.2) is 72.2 Å². The van der Waals surface area contributed by atoms with Gasteiger partial charge in [-0.15, -0.1) is 0 Å². The molecular weight excluding hydrogens is 538 g/mol. The second-order valence-electron chi connectivity index (χ2n) is 12.5. The standard InChI is InChI=1S/C32H45N3O7/c1-20(33-30(40)31(2)15-13-23(36)14-16-31)28(38)35-26(18-22-9-11-24(41-4)12-10-22)29(39)34-25(17-21-7-5-6-8-21)27(37)32(3)19-42-32/h7,9-12,20,23,25-26,36H,5-6,8,13-19H2,1-4H3,(H,33,40)(H,34,39)(H,35,38). The number of methoxy groups -OCH3 is 1. The Labute approximate surface area is 248 Å². The number of ketones is 1. The van der Waals surface area contributed by atoms with E-state index in [1.54, 1.807) is 33.1 Å². The average Bonchev–Trinajstić information content (AvgIpc) is 3.52. The lowest BCUT2D eigenvalue weighted by Crippen LogP contribution is -2.57. The fourth-order valence-electron chi connectivity index (χ4n) is 5.69. The molecule has 10 heteroatoms. The van der Waals surface area contributed by atoms with Crippen LogP contribution >= 0.6 is 0 Å². The lowest BCUT2D eigenvalue weighted by atomic mass is 9.74. The van der Waals surface area contributed by atoms with E-state index in [1.807, 2.05) is 19.1 Å². The molecule has 0 radical (unpaired) electrons. The van der Waals surface area contributed by atoms with E-state index in [0.29, 0.717) is 44.5 Å². The minimum Gasteiger partial charge on any atom is -0.497 e. The second-order valence-corrected chi connectivity index (χ2v) is 12.5. The van der Waals surface area contributed by atoms with Gasteiger partial charge in [0, 0.05) is 11.8 Å². The molecule has 2 fully saturated rings. The summed E-state index contributed by atoms with van der Waals surface area (Å²) in [5, 5.41) is 18.4. The maximum atomic E-state index is 13.7. The van der Waals surface area contributed by atoms with Gasteiger partial charge in [0.05, 0.1) is 25.9 Å². The van der Waals surface area contributed by atoms with Crippen LogP contribution in [0.2, 0.25) is 0 Å². The molecule has 4 rings (SSSR count). The number of hydrogen-bond acceptors (Lipinski definition) is 7. The Kier molecular flexibility index (Phi) is 10.1. The van der Waals surface area contributed by atoms with Crippen LogP contribution in [0.5, 0.6) is 5.75 Å². The van der Waals surface area contributed by atoms with E-state index in [4.69, 9.17) is 9.47 Å². The molecule has 1 heterocycles. The lowest BCUT2D eigenvalue weighted by molar-refractivity contribution is -0.137. The first kappa shape index (κ1) is 31.7. The van der Waals surface area contributed by atoms with Crippen molar-refractivity contribution >= 4 is 23.5 Å². The maximum absolute atomic E-state index is 13.7. The van der Waals surface area contributed by atoms with Gasteiger partial charge in [-0.1, -0.05) is 30.7 Å². The van der Waals surface area contributed by atoms with Crippen molar-refractivity contribution in [3.63, 3.8) is 0 Å². The van der Waals surface area contributed by atoms with E-state index in [0.717, 1.165) is 30.4 Å². The van der Waals surface area contributed by atoms with E-state index in [-0.39, 0.29) is 18.1 Å². The molecule has 42 heavy (non-hydrogen) atoms. The number of ether oxygens (including phenoxy) is 2. The molecule has 4 unspecified atom stereocenters. The van der Waals surface area contributed by atoms with E-state index in [9.17, 15) is 24.3 Å². The number of aliphatic hydroxyl groups is 1. The van der Waals surface area contributed by atoms with Gasteiger partial charge in [-0.2, -0.15) is 0 Å². The molecule has 4 N–H and O–H groups in total. The predicted molar refractivity (Wildman–Crippen MR) is 157 cm³/mol. The van der Waals surface area contributed by atoms with E-state index < -0.39 is 47.1 Å². The Bertz CT molecular complexity index is 1180. The SMILES string of the molecule is COc1ccc(CC(NC(=O)C(C)NC(=O)C2(C)CCC(O)CC2)C(=O)NC(CC2=CCCC2)C(=O)C2(C)CO2)cc1. The van der Waals surface area contributed by atoms with Gasteiger partial charge in [-0.05, 0) is 82.9 Å². The van der Waals surface area contributed by atoms with Gasteiger partial charge in [-0.25, -0.2) is 0 Å². The maximum Gasteiger partial charge on any atom is 0.243 e. The number of nitrogens with one attached hydrogen (secondary N) is 3. The minimum absolute atomic E-state index is 0.176. The van der Waals surface area contributed by atoms with Crippen molar-refractivity contribution < 1.29 is 33.8 Å².